The third kappa shape index (κ3) is 2.10. The van der Waals surface area contributed by atoms with Crippen molar-refractivity contribution in [2.24, 2.45) is 11.3 Å². The number of hydrogen-bond donors (Lipinski definition) is 1. The fraction of sp³-hybridized carbons (Fsp3) is 0.562. The monoisotopic (exact) mass is 261 g/mol. The highest BCUT2D eigenvalue weighted by Crippen LogP contribution is 2.59. The third-order valence-corrected chi connectivity index (χ3v) is 4.78. The summed E-state index contributed by atoms with van der Waals surface area (Å²) >= 11 is 0. The van der Waals surface area contributed by atoms with Gasteiger partial charge in [0.2, 0.25) is 0 Å². The van der Waals surface area contributed by atoms with E-state index in [1.165, 1.54) is 6.07 Å². The maximum Gasteiger partial charge on any atom is 0.169 e. The summed E-state index contributed by atoms with van der Waals surface area (Å²) in [6, 6.07) is 3.37. The fourth-order valence-corrected chi connectivity index (χ4v) is 3.60. The van der Waals surface area contributed by atoms with Crippen LogP contribution in [0.1, 0.15) is 40.7 Å². The van der Waals surface area contributed by atoms with Gasteiger partial charge in [0.1, 0.15) is 5.82 Å². The van der Waals surface area contributed by atoms with Crippen molar-refractivity contribution in [1.29, 1.82) is 0 Å². The van der Waals surface area contributed by atoms with Crippen LogP contribution in [0.3, 0.4) is 0 Å². The highest BCUT2D eigenvalue weighted by molar-refractivity contribution is 6.01. The highest BCUT2D eigenvalue weighted by Gasteiger charge is 2.57. The second-order valence-corrected chi connectivity index (χ2v) is 6.17. The van der Waals surface area contributed by atoms with Crippen LogP contribution in [0.25, 0.3) is 0 Å². The number of rotatable bonds is 2. The average Bonchev–Trinajstić information content (AvgIpc) is 3.02. The second-order valence-electron chi connectivity index (χ2n) is 6.17. The van der Waals surface area contributed by atoms with Crippen molar-refractivity contribution in [3.63, 3.8) is 0 Å². The molecule has 102 valence electrons. The lowest BCUT2D eigenvalue weighted by Gasteiger charge is -2.23. The van der Waals surface area contributed by atoms with Crippen LogP contribution in [0.15, 0.2) is 12.1 Å². The van der Waals surface area contributed by atoms with Crippen LogP contribution in [-0.4, -0.2) is 18.9 Å². The number of benzene rings is 1. The summed E-state index contributed by atoms with van der Waals surface area (Å²) in [5.41, 5.74) is 2.15. The van der Waals surface area contributed by atoms with Gasteiger partial charge in [0.15, 0.2) is 5.78 Å². The van der Waals surface area contributed by atoms with Gasteiger partial charge in [0, 0.05) is 5.92 Å². The average molecular weight is 261 g/mol. The maximum atomic E-state index is 14.1. The molecule has 1 aliphatic carbocycles. The molecular formula is C16H20FNO. The largest absolute Gasteiger partial charge is 0.317 e. The maximum absolute atomic E-state index is 14.1. The molecule has 0 radical (unpaired) electrons. The topological polar surface area (TPSA) is 29.1 Å². The van der Waals surface area contributed by atoms with Gasteiger partial charge >= 0.3 is 0 Å². The molecule has 1 heterocycles. The van der Waals surface area contributed by atoms with E-state index in [0.29, 0.717) is 5.56 Å². The highest BCUT2D eigenvalue weighted by atomic mass is 19.1. The molecule has 3 heteroatoms. The molecule has 1 atom stereocenters. The smallest absolute Gasteiger partial charge is 0.169 e. The minimum Gasteiger partial charge on any atom is -0.317 e. The predicted molar refractivity (Wildman–Crippen MR) is 72.8 cm³/mol. The Morgan fingerprint density at radius 2 is 2.00 bits per heavy atom. The lowest BCUT2D eigenvalue weighted by atomic mass is 9.88. The molecule has 3 rings (SSSR count). The molecule has 1 spiro atoms. The normalized spacial score (nSPS) is 24.5. The SMILES string of the molecule is Cc1cc(C)c(C(=O)C2CC23CCNCC3)c(F)c1. The molecule has 2 aliphatic rings. The van der Waals surface area contributed by atoms with Gasteiger partial charge in [-0.2, -0.15) is 0 Å². The number of carbonyl (C=O) groups is 1. The van der Waals surface area contributed by atoms with Gasteiger partial charge in [-0.05, 0) is 68.8 Å². The van der Waals surface area contributed by atoms with Crippen LogP contribution in [0.5, 0.6) is 0 Å². The first-order valence-electron chi connectivity index (χ1n) is 7.05. The minimum atomic E-state index is -0.349. The van der Waals surface area contributed by atoms with E-state index in [4.69, 9.17) is 0 Å². The first-order chi connectivity index (χ1) is 9.03. The molecule has 1 saturated heterocycles. The van der Waals surface area contributed by atoms with E-state index in [0.717, 1.165) is 43.5 Å². The van der Waals surface area contributed by atoms with E-state index in [-0.39, 0.29) is 22.9 Å². The third-order valence-electron chi connectivity index (χ3n) is 4.78. The van der Waals surface area contributed by atoms with Gasteiger partial charge in [-0.1, -0.05) is 6.07 Å². The van der Waals surface area contributed by atoms with E-state index in [1.807, 2.05) is 19.9 Å². The Kier molecular flexibility index (Phi) is 2.97. The molecular weight excluding hydrogens is 241 g/mol. The Morgan fingerprint density at radius 1 is 1.32 bits per heavy atom. The summed E-state index contributed by atoms with van der Waals surface area (Å²) in [6.45, 7) is 5.66. The van der Waals surface area contributed by atoms with Crippen molar-refractivity contribution in [3.8, 4) is 0 Å². The van der Waals surface area contributed by atoms with Gasteiger partial charge in [0.25, 0.3) is 0 Å². The van der Waals surface area contributed by atoms with Crippen molar-refractivity contribution in [2.45, 2.75) is 33.1 Å². The molecule has 0 amide bonds. The summed E-state index contributed by atoms with van der Waals surface area (Å²) < 4.78 is 14.1. The standard InChI is InChI=1S/C16H20FNO/c1-10-7-11(2)14(13(17)8-10)15(19)12-9-16(12)3-5-18-6-4-16/h7-8,12,18H,3-6,9H2,1-2H3. The van der Waals surface area contributed by atoms with Crippen molar-refractivity contribution in [2.75, 3.05) is 13.1 Å². The number of aryl methyl sites for hydroxylation is 2. The zero-order valence-electron chi connectivity index (χ0n) is 11.6. The number of carbonyl (C=O) groups excluding carboxylic acids is 1. The summed E-state index contributed by atoms with van der Waals surface area (Å²) in [4.78, 5) is 12.6. The van der Waals surface area contributed by atoms with Gasteiger partial charge in [-0.3, -0.25) is 4.79 Å². The zero-order valence-corrected chi connectivity index (χ0v) is 11.6. The Balaban J connectivity index is 1.86. The molecule has 1 saturated carbocycles. The second kappa shape index (κ2) is 4.41. The Labute approximate surface area is 113 Å². The summed E-state index contributed by atoms with van der Waals surface area (Å²) in [5.74, 6) is -0.277. The zero-order chi connectivity index (χ0) is 13.6. The molecule has 0 aromatic heterocycles. The number of halogens is 1. The van der Waals surface area contributed by atoms with E-state index in [1.54, 1.807) is 0 Å². The van der Waals surface area contributed by atoms with Crippen LogP contribution in [0, 0.1) is 31.0 Å². The molecule has 2 fully saturated rings. The Morgan fingerprint density at radius 3 is 2.63 bits per heavy atom. The van der Waals surface area contributed by atoms with E-state index < -0.39 is 0 Å². The van der Waals surface area contributed by atoms with Crippen molar-refractivity contribution < 1.29 is 9.18 Å². The molecule has 1 aromatic rings. The first kappa shape index (κ1) is 12.8. The van der Waals surface area contributed by atoms with Crippen molar-refractivity contribution in [3.05, 3.63) is 34.6 Å². The lowest BCUT2D eigenvalue weighted by molar-refractivity contribution is 0.0936. The van der Waals surface area contributed by atoms with Crippen molar-refractivity contribution >= 4 is 5.78 Å². The lowest BCUT2D eigenvalue weighted by Crippen LogP contribution is -2.31. The fourth-order valence-electron chi connectivity index (χ4n) is 3.60. The van der Waals surface area contributed by atoms with Crippen molar-refractivity contribution in [1.82, 2.24) is 5.32 Å². The van der Waals surface area contributed by atoms with Gasteiger partial charge in [0.05, 0.1) is 5.56 Å². The first-order valence-corrected chi connectivity index (χ1v) is 7.05. The van der Waals surface area contributed by atoms with Gasteiger partial charge in [-0.15, -0.1) is 0 Å². The van der Waals surface area contributed by atoms with Gasteiger partial charge < -0.3 is 5.32 Å². The minimum absolute atomic E-state index is 0.0249. The number of Topliss-reactive ketones (excluding diaryl/α,β-unsaturated/α-hetero) is 1. The van der Waals surface area contributed by atoms with Crippen LogP contribution in [-0.2, 0) is 0 Å². The molecule has 1 aliphatic heterocycles. The summed E-state index contributed by atoms with van der Waals surface area (Å²) in [6.07, 6.45) is 3.05. The summed E-state index contributed by atoms with van der Waals surface area (Å²) in [5, 5.41) is 3.32. The quantitative estimate of drug-likeness (QED) is 0.829. The van der Waals surface area contributed by atoms with Gasteiger partial charge in [-0.25, -0.2) is 4.39 Å². The number of hydrogen-bond acceptors (Lipinski definition) is 2. The van der Waals surface area contributed by atoms with Crippen LogP contribution < -0.4 is 5.32 Å². The van der Waals surface area contributed by atoms with E-state index in [9.17, 15) is 9.18 Å². The summed E-state index contributed by atoms with van der Waals surface area (Å²) in [7, 11) is 0. The molecule has 2 nitrogen and oxygen atoms in total. The number of piperidine rings is 1. The Hall–Kier alpha value is -1.22. The Bertz CT molecular complexity index is 509. The van der Waals surface area contributed by atoms with Crippen LogP contribution in [0.2, 0.25) is 0 Å². The molecule has 19 heavy (non-hydrogen) atoms. The van der Waals surface area contributed by atoms with E-state index in [2.05, 4.69) is 5.32 Å². The van der Waals surface area contributed by atoms with E-state index >= 15 is 0 Å². The molecule has 1 unspecified atom stereocenters. The predicted octanol–water partition coefficient (Wildman–Crippen LogP) is 3.01. The number of nitrogens with one attached hydrogen (secondary N) is 1. The molecule has 0 bridgehead atoms. The molecule has 1 aromatic carbocycles. The van der Waals surface area contributed by atoms with Crippen LogP contribution >= 0.6 is 0 Å². The van der Waals surface area contributed by atoms with Crippen LogP contribution in [0.4, 0.5) is 4.39 Å². The molecule has 1 N–H and O–H groups in total. The number of ketones is 1.